The molecule has 1 N–H and O–H groups in total. The van der Waals surface area contributed by atoms with Gasteiger partial charge in [0.1, 0.15) is 10.5 Å². The maximum atomic E-state index is 13.1. The highest BCUT2D eigenvalue weighted by molar-refractivity contribution is 7.16. The zero-order chi connectivity index (χ0) is 17.7. The average molecular weight is 365 g/mol. The fourth-order valence-corrected chi connectivity index (χ4v) is 5.76. The second-order valence-corrected chi connectivity index (χ2v) is 8.93. The van der Waals surface area contributed by atoms with Crippen LogP contribution in [-0.4, -0.2) is 16.5 Å². The van der Waals surface area contributed by atoms with Gasteiger partial charge in [-0.15, -0.1) is 11.3 Å². The second-order valence-electron chi connectivity index (χ2n) is 8.04. The van der Waals surface area contributed by atoms with E-state index in [1.807, 2.05) is 0 Å². The van der Waals surface area contributed by atoms with Gasteiger partial charge in [-0.05, 0) is 61.1 Å². The normalized spacial score (nSPS) is 24.4. The Bertz CT molecular complexity index is 952. The molecule has 0 spiro atoms. The van der Waals surface area contributed by atoms with Crippen molar-refractivity contribution in [3.05, 3.63) is 58.6 Å². The van der Waals surface area contributed by atoms with Gasteiger partial charge in [0.2, 0.25) is 0 Å². The van der Waals surface area contributed by atoms with E-state index in [0.717, 1.165) is 18.2 Å². The molecule has 5 rings (SSSR count). The Morgan fingerprint density at radius 2 is 2.04 bits per heavy atom. The third kappa shape index (κ3) is 2.77. The maximum Gasteiger partial charge on any atom is 0.268 e. The number of carbonyl (C=O) groups excluding carboxylic acids is 1. The first-order valence-electron chi connectivity index (χ1n) is 9.60. The monoisotopic (exact) mass is 364 g/mol. The SMILES string of the molecule is Cc1ccc(Cn2c(C(=O)NC3CC4CCC3C4)cc3ccsc32)cc1. The van der Waals surface area contributed by atoms with E-state index in [1.54, 1.807) is 11.3 Å². The van der Waals surface area contributed by atoms with Crippen LogP contribution in [-0.2, 0) is 6.54 Å². The van der Waals surface area contributed by atoms with E-state index in [0.29, 0.717) is 12.0 Å². The summed E-state index contributed by atoms with van der Waals surface area (Å²) in [5.41, 5.74) is 3.29. The number of nitrogens with one attached hydrogen (secondary N) is 1. The molecule has 2 saturated carbocycles. The van der Waals surface area contributed by atoms with Crippen molar-refractivity contribution < 1.29 is 4.79 Å². The smallest absolute Gasteiger partial charge is 0.268 e. The Labute approximate surface area is 158 Å². The molecule has 0 aliphatic heterocycles. The summed E-state index contributed by atoms with van der Waals surface area (Å²) < 4.78 is 2.19. The standard InChI is InChI=1S/C22H24N2OS/c1-14-2-4-15(5-3-14)13-24-20(12-18-8-9-26-22(18)24)21(25)23-19-11-16-6-7-17(19)10-16/h2-5,8-9,12,16-17,19H,6-7,10-11,13H2,1H3,(H,23,25). The van der Waals surface area contributed by atoms with Crippen LogP contribution in [0.2, 0.25) is 0 Å². The topological polar surface area (TPSA) is 34.0 Å². The molecule has 2 heterocycles. The van der Waals surface area contributed by atoms with E-state index in [4.69, 9.17) is 0 Å². The van der Waals surface area contributed by atoms with Gasteiger partial charge >= 0.3 is 0 Å². The van der Waals surface area contributed by atoms with Gasteiger partial charge in [0, 0.05) is 18.0 Å². The Hall–Kier alpha value is -2.07. The first kappa shape index (κ1) is 16.1. The molecule has 1 aromatic carbocycles. The zero-order valence-electron chi connectivity index (χ0n) is 15.1. The maximum absolute atomic E-state index is 13.1. The van der Waals surface area contributed by atoms with Crippen LogP contribution in [0.25, 0.3) is 10.2 Å². The Morgan fingerprint density at radius 3 is 2.77 bits per heavy atom. The van der Waals surface area contributed by atoms with Crippen molar-refractivity contribution in [2.24, 2.45) is 11.8 Å². The highest BCUT2D eigenvalue weighted by Gasteiger charge is 2.40. The fraction of sp³-hybridized carbons (Fsp3) is 0.409. The zero-order valence-corrected chi connectivity index (χ0v) is 15.9. The third-order valence-electron chi connectivity index (χ3n) is 6.25. The van der Waals surface area contributed by atoms with Crippen molar-refractivity contribution in [2.75, 3.05) is 0 Å². The number of hydrogen-bond donors (Lipinski definition) is 1. The largest absolute Gasteiger partial charge is 0.348 e. The highest BCUT2D eigenvalue weighted by Crippen LogP contribution is 2.44. The first-order valence-corrected chi connectivity index (χ1v) is 10.5. The predicted molar refractivity (Wildman–Crippen MR) is 107 cm³/mol. The van der Waals surface area contributed by atoms with Gasteiger partial charge in [0.15, 0.2) is 0 Å². The molecular weight excluding hydrogens is 340 g/mol. The van der Waals surface area contributed by atoms with Crippen molar-refractivity contribution in [2.45, 2.75) is 45.2 Å². The van der Waals surface area contributed by atoms with Crippen molar-refractivity contribution in [1.29, 1.82) is 0 Å². The van der Waals surface area contributed by atoms with Crippen LogP contribution in [0.5, 0.6) is 0 Å². The molecule has 2 aliphatic rings. The molecule has 2 aromatic heterocycles. The molecular formula is C22H24N2OS. The van der Waals surface area contributed by atoms with E-state index < -0.39 is 0 Å². The van der Waals surface area contributed by atoms with Gasteiger partial charge in [-0.25, -0.2) is 0 Å². The van der Waals surface area contributed by atoms with E-state index in [2.05, 4.69) is 58.6 Å². The van der Waals surface area contributed by atoms with Gasteiger partial charge in [0.05, 0.1) is 0 Å². The molecule has 3 unspecified atom stereocenters. The van der Waals surface area contributed by atoms with E-state index >= 15 is 0 Å². The molecule has 1 amide bonds. The van der Waals surface area contributed by atoms with E-state index in [1.165, 1.54) is 47.0 Å². The average Bonchev–Trinajstić information content (AvgIpc) is 3.39. The number of rotatable bonds is 4. The number of aromatic nitrogens is 1. The minimum atomic E-state index is 0.0954. The number of aryl methyl sites for hydroxylation is 1. The quantitative estimate of drug-likeness (QED) is 0.696. The van der Waals surface area contributed by atoms with E-state index in [9.17, 15) is 4.79 Å². The lowest BCUT2D eigenvalue weighted by Crippen LogP contribution is -2.39. The Balaban J connectivity index is 1.44. The second kappa shape index (κ2) is 6.27. The Morgan fingerprint density at radius 1 is 1.19 bits per heavy atom. The lowest BCUT2D eigenvalue weighted by molar-refractivity contribution is 0.0914. The molecule has 0 radical (unpaired) electrons. The number of fused-ring (bicyclic) bond motifs is 3. The molecule has 0 saturated heterocycles. The van der Waals surface area contributed by atoms with Crippen LogP contribution in [0.15, 0.2) is 41.8 Å². The summed E-state index contributed by atoms with van der Waals surface area (Å²) in [5.74, 6) is 1.64. The third-order valence-corrected chi connectivity index (χ3v) is 7.20. The van der Waals surface area contributed by atoms with Crippen LogP contribution < -0.4 is 5.32 Å². The molecule has 2 aliphatic carbocycles. The summed E-state index contributed by atoms with van der Waals surface area (Å²) in [5, 5.41) is 6.63. The van der Waals surface area contributed by atoms with Crippen LogP contribution in [0.1, 0.15) is 47.3 Å². The minimum absolute atomic E-state index is 0.0954. The molecule has 2 bridgehead atoms. The predicted octanol–water partition coefficient (Wildman–Crippen LogP) is 4.98. The summed E-state index contributed by atoms with van der Waals surface area (Å²) in [7, 11) is 0. The lowest BCUT2D eigenvalue weighted by Gasteiger charge is -2.23. The molecule has 3 aromatic rings. The van der Waals surface area contributed by atoms with Gasteiger partial charge in [0.25, 0.3) is 5.91 Å². The van der Waals surface area contributed by atoms with Gasteiger partial charge in [-0.3, -0.25) is 4.79 Å². The molecule has 134 valence electrons. The van der Waals surface area contributed by atoms with Crippen LogP contribution in [0.4, 0.5) is 0 Å². The number of benzene rings is 1. The van der Waals surface area contributed by atoms with Crippen LogP contribution in [0, 0.1) is 18.8 Å². The van der Waals surface area contributed by atoms with Crippen LogP contribution >= 0.6 is 11.3 Å². The highest BCUT2D eigenvalue weighted by atomic mass is 32.1. The number of hydrogen-bond acceptors (Lipinski definition) is 2. The number of nitrogens with zero attached hydrogens (tertiary/aromatic N) is 1. The summed E-state index contributed by atoms with van der Waals surface area (Å²) in [6.07, 6.45) is 5.12. The molecule has 3 atom stereocenters. The van der Waals surface area contributed by atoms with Gasteiger partial charge in [-0.1, -0.05) is 36.2 Å². The molecule has 26 heavy (non-hydrogen) atoms. The van der Waals surface area contributed by atoms with Crippen molar-refractivity contribution >= 4 is 27.5 Å². The Kier molecular flexibility index (Phi) is 3.89. The van der Waals surface area contributed by atoms with Crippen LogP contribution in [0.3, 0.4) is 0 Å². The number of carbonyl (C=O) groups is 1. The van der Waals surface area contributed by atoms with Crippen molar-refractivity contribution in [1.82, 2.24) is 9.88 Å². The summed E-state index contributed by atoms with van der Waals surface area (Å²) in [6.45, 7) is 2.84. The summed E-state index contributed by atoms with van der Waals surface area (Å²) in [4.78, 5) is 14.3. The lowest BCUT2D eigenvalue weighted by atomic mass is 9.95. The van der Waals surface area contributed by atoms with Gasteiger partial charge < -0.3 is 9.88 Å². The minimum Gasteiger partial charge on any atom is -0.348 e. The summed E-state index contributed by atoms with van der Waals surface area (Å²) in [6, 6.07) is 13.1. The number of thiophene rings is 1. The fourth-order valence-electron chi connectivity index (χ4n) is 4.86. The van der Waals surface area contributed by atoms with Crippen molar-refractivity contribution in [3.63, 3.8) is 0 Å². The number of amides is 1. The first-order chi connectivity index (χ1) is 12.7. The summed E-state index contributed by atoms with van der Waals surface area (Å²) >= 11 is 1.71. The van der Waals surface area contributed by atoms with Crippen molar-refractivity contribution in [3.8, 4) is 0 Å². The van der Waals surface area contributed by atoms with E-state index in [-0.39, 0.29) is 5.91 Å². The molecule has 2 fully saturated rings. The van der Waals surface area contributed by atoms with Gasteiger partial charge in [-0.2, -0.15) is 0 Å². The molecule has 3 nitrogen and oxygen atoms in total. The molecule has 4 heteroatoms.